The van der Waals surface area contributed by atoms with E-state index < -0.39 is 0 Å². The molecule has 0 aliphatic carbocycles. The highest BCUT2D eigenvalue weighted by Crippen LogP contribution is 2.22. The quantitative estimate of drug-likeness (QED) is 0.786. The third-order valence-electron chi connectivity index (χ3n) is 2.66. The molecular weight excluding hydrogens is 242 g/mol. The van der Waals surface area contributed by atoms with E-state index in [0.29, 0.717) is 11.2 Å². The van der Waals surface area contributed by atoms with Crippen LogP contribution in [0.1, 0.15) is 20.8 Å². The van der Waals surface area contributed by atoms with Crippen LogP contribution < -0.4 is 5.32 Å². The van der Waals surface area contributed by atoms with E-state index in [2.05, 4.69) is 42.1 Å². The number of para-hydroxylation sites is 2. The third-order valence-corrected chi connectivity index (χ3v) is 3.65. The van der Waals surface area contributed by atoms with Gasteiger partial charge in [0.25, 0.3) is 0 Å². The number of aromatic amines is 1. The van der Waals surface area contributed by atoms with Gasteiger partial charge in [-0.05, 0) is 24.6 Å². The Balaban J connectivity index is 1.88. The number of benzene rings is 1. The zero-order valence-electron chi connectivity index (χ0n) is 11.2. The Kier molecular flexibility index (Phi) is 4.66. The molecule has 0 aliphatic heterocycles. The van der Waals surface area contributed by atoms with Crippen LogP contribution in [0.15, 0.2) is 29.4 Å². The summed E-state index contributed by atoms with van der Waals surface area (Å²) in [7, 11) is 0. The standard InChI is InChI=1S/C14H21N3S/c1-10(2)8-15-9-11(3)18-14-16-12-6-4-5-7-13(12)17-14/h4-7,10-11,15H,8-9H2,1-3H3,(H,16,17). The molecule has 1 aromatic heterocycles. The number of fused-ring (bicyclic) bond motifs is 1. The van der Waals surface area contributed by atoms with Gasteiger partial charge in [-0.1, -0.05) is 44.7 Å². The van der Waals surface area contributed by atoms with Gasteiger partial charge in [0.2, 0.25) is 0 Å². The minimum absolute atomic E-state index is 0.518. The number of aromatic nitrogens is 2. The van der Waals surface area contributed by atoms with Gasteiger partial charge in [0.05, 0.1) is 11.0 Å². The number of H-pyrrole nitrogens is 1. The minimum Gasteiger partial charge on any atom is -0.333 e. The molecule has 2 aromatic rings. The van der Waals surface area contributed by atoms with Crippen LogP contribution in [0.3, 0.4) is 0 Å². The van der Waals surface area contributed by atoms with Crippen LogP contribution in [-0.2, 0) is 0 Å². The van der Waals surface area contributed by atoms with Gasteiger partial charge < -0.3 is 10.3 Å². The van der Waals surface area contributed by atoms with E-state index in [1.807, 2.05) is 18.2 Å². The first-order chi connectivity index (χ1) is 8.65. The molecule has 18 heavy (non-hydrogen) atoms. The van der Waals surface area contributed by atoms with Gasteiger partial charge in [-0.15, -0.1) is 0 Å². The largest absolute Gasteiger partial charge is 0.333 e. The molecule has 0 fully saturated rings. The molecule has 3 nitrogen and oxygen atoms in total. The fourth-order valence-corrected chi connectivity index (χ4v) is 2.69. The van der Waals surface area contributed by atoms with Crippen LogP contribution in [0, 0.1) is 5.92 Å². The molecule has 1 aromatic carbocycles. The number of thioether (sulfide) groups is 1. The Morgan fingerprint density at radius 2 is 2.00 bits per heavy atom. The number of hydrogen-bond donors (Lipinski definition) is 2. The van der Waals surface area contributed by atoms with E-state index in [4.69, 9.17) is 0 Å². The summed E-state index contributed by atoms with van der Waals surface area (Å²) in [6, 6.07) is 8.15. The Labute approximate surface area is 113 Å². The summed E-state index contributed by atoms with van der Waals surface area (Å²) in [5, 5.41) is 5.00. The van der Waals surface area contributed by atoms with Crippen molar-refractivity contribution >= 4 is 22.8 Å². The van der Waals surface area contributed by atoms with Crippen molar-refractivity contribution < 1.29 is 0 Å². The van der Waals surface area contributed by atoms with Gasteiger partial charge in [-0.25, -0.2) is 4.98 Å². The Bertz CT molecular complexity index is 459. The van der Waals surface area contributed by atoms with Gasteiger partial charge in [-0.3, -0.25) is 0 Å². The molecule has 1 unspecified atom stereocenters. The molecule has 2 rings (SSSR count). The molecule has 4 heteroatoms. The molecule has 0 bridgehead atoms. The number of nitrogens with zero attached hydrogens (tertiary/aromatic N) is 1. The molecule has 98 valence electrons. The van der Waals surface area contributed by atoms with Crippen LogP contribution in [0.25, 0.3) is 11.0 Å². The SMILES string of the molecule is CC(C)CNCC(C)Sc1nc2ccccc2[nH]1. The molecule has 0 aliphatic rings. The monoisotopic (exact) mass is 263 g/mol. The Morgan fingerprint density at radius 3 is 2.72 bits per heavy atom. The van der Waals surface area contributed by atoms with Crippen molar-refractivity contribution in [1.82, 2.24) is 15.3 Å². The van der Waals surface area contributed by atoms with Gasteiger partial charge in [0.1, 0.15) is 0 Å². The van der Waals surface area contributed by atoms with Gasteiger partial charge >= 0.3 is 0 Å². The lowest BCUT2D eigenvalue weighted by molar-refractivity contribution is 0.553. The highest BCUT2D eigenvalue weighted by atomic mass is 32.2. The normalized spacial score (nSPS) is 13.3. The molecule has 0 saturated heterocycles. The van der Waals surface area contributed by atoms with E-state index in [9.17, 15) is 0 Å². The lowest BCUT2D eigenvalue weighted by Gasteiger charge is -2.12. The van der Waals surface area contributed by atoms with Gasteiger partial charge in [-0.2, -0.15) is 0 Å². The summed E-state index contributed by atoms with van der Waals surface area (Å²) in [6.07, 6.45) is 0. The lowest BCUT2D eigenvalue weighted by atomic mass is 10.2. The van der Waals surface area contributed by atoms with Crippen LogP contribution in [0.5, 0.6) is 0 Å². The number of imidazole rings is 1. The highest BCUT2D eigenvalue weighted by molar-refractivity contribution is 7.99. The number of nitrogens with one attached hydrogen (secondary N) is 2. The van der Waals surface area contributed by atoms with E-state index in [0.717, 1.165) is 29.3 Å². The van der Waals surface area contributed by atoms with Crippen LogP contribution in [0.2, 0.25) is 0 Å². The van der Waals surface area contributed by atoms with Crippen LogP contribution in [-0.4, -0.2) is 28.3 Å². The number of rotatable bonds is 6. The van der Waals surface area contributed by atoms with Crippen molar-refractivity contribution in [1.29, 1.82) is 0 Å². The average molecular weight is 263 g/mol. The summed E-state index contributed by atoms with van der Waals surface area (Å²) in [5.41, 5.74) is 2.16. The van der Waals surface area contributed by atoms with E-state index in [-0.39, 0.29) is 0 Å². The third kappa shape index (κ3) is 3.75. The fourth-order valence-electron chi connectivity index (χ4n) is 1.79. The predicted molar refractivity (Wildman–Crippen MR) is 79.1 cm³/mol. The first-order valence-corrected chi connectivity index (χ1v) is 7.35. The highest BCUT2D eigenvalue weighted by Gasteiger charge is 2.08. The molecule has 0 amide bonds. The lowest BCUT2D eigenvalue weighted by Crippen LogP contribution is -2.26. The minimum atomic E-state index is 0.518. The summed E-state index contributed by atoms with van der Waals surface area (Å²) in [4.78, 5) is 7.93. The smallest absolute Gasteiger partial charge is 0.166 e. The maximum Gasteiger partial charge on any atom is 0.166 e. The van der Waals surface area contributed by atoms with Crippen molar-refractivity contribution in [2.24, 2.45) is 5.92 Å². The molecule has 0 saturated carbocycles. The first kappa shape index (κ1) is 13.4. The second kappa shape index (κ2) is 6.25. The van der Waals surface area contributed by atoms with E-state index >= 15 is 0 Å². The van der Waals surface area contributed by atoms with Crippen molar-refractivity contribution in [3.63, 3.8) is 0 Å². The molecule has 1 heterocycles. The molecule has 0 radical (unpaired) electrons. The molecule has 1 atom stereocenters. The van der Waals surface area contributed by atoms with Crippen molar-refractivity contribution in [3.05, 3.63) is 24.3 Å². The maximum absolute atomic E-state index is 4.58. The first-order valence-electron chi connectivity index (χ1n) is 6.47. The van der Waals surface area contributed by atoms with Crippen LogP contribution >= 0.6 is 11.8 Å². The predicted octanol–water partition coefficient (Wildman–Crippen LogP) is 3.29. The van der Waals surface area contributed by atoms with Crippen molar-refractivity contribution in [2.75, 3.05) is 13.1 Å². The van der Waals surface area contributed by atoms with Crippen molar-refractivity contribution in [3.8, 4) is 0 Å². The second-order valence-electron chi connectivity index (χ2n) is 5.04. The molecule has 0 spiro atoms. The summed E-state index contributed by atoms with van der Waals surface area (Å²) in [6.45, 7) is 8.77. The maximum atomic E-state index is 4.58. The molecular formula is C14H21N3S. The number of hydrogen-bond acceptors (Lipinski definition) is 3. The topological polar surface area (TPSA) is 40.7 Å². The van der Waals surface area contributed by atoms with Crippen LogP contribution in [0.4, 0.5) is 0 Å². The summed E-state index contributed by atoms with van der Waals surface area (Å²) >= 11 is 1.79. The second-order valence-corrected chi connectivity index (χ2v) is 6.47. The summed E-state index contributed by atoms with van der Waals surface area (Å²) in [5.74, 6) is 0.702. The summed E-state index contributed by atoms with van der Waals surface area (Å²) < 4.78 is 0. The van der Waals surface area contributed by atoms with E-state index in [1.165, 1.54) is 0 Å². The zero-order valence-corrected chi connectivity index (χ0v) is 12.1. The van der Waals surface area contributed by atoms with E-state index in [1.54, 1.807) is 11.8 Å². The average Bonchev–Trinajstić information content (AvgIpc) is 2.70. The Hall–Kier alpha value is -1.00. The molecule has 2 N–H and O–H groups in total. The Morgan fingerprint density at radius 1 is 1.22 bits per heavy atom. The van der Waals surface area contributed by atoms with Gasteiger partial charge in [0.15, 0.2) is 5.16 Å². The zero-order chi connectivity index (χ0) is 13.0. The van der Waals surface area contributed by atoms with Crippen molar-refractivity contribution in [2.45, 2.75) is 31.2 Å². The van der Waals surface area contributed by atoms with Gasteiger partial charge in [0, 0.05) is 11.8 Å². The fraction of sp³-hybridized carbons (Fsp3) is 0.500.